The maximum atomic E-state index is 12.0. The monoisotopic (exact) mass is 278 g/mol. The van der Waals surface area contributed by atoms with E-state index in [1.54, 1.807) is 32.2 Å². The zero-order valence-electron chi connectivity index (χ0n) is 11.6. The molecule has 0 radical (unpaired) electrons. The van der Waals surface area contributed by atoms with Gasteiger partial charge >= 0.3 is 11.9 Å². The number of carbonyl (C=O) groups is 2. The number of carboxylic acids is 1. The number of hydrogen-bond acceptors (Lipinski definition) is 5. The number of pyridine rings is 1. The zero-order valence-corrected chi connectivity index (χ0v) is 11.6. The fraction of sp³-hybridized carbons (Fsp3) is 0.500. The summed E-state index contributed by atoms with van der Waals surface area (Å²) < 4.78 is 5.19. The van der Waals surface area contributed by atoms with Gasteiger partial charge in [-0.2, -0.15) is 0 Å². The molecular weight excluding hydrogens is 260 g/mol. The van der Waals surface area contributed by atoms with E-state index >= 15 is 0 Å². The Morgan fingerprint density at radius 2 is 2.25 bits per heavy atom. The molecule has 1 aliphatic rings. The van der Waals surface area contributed by atoms with E-state index < -0.39 is 17.9 Å². The molecule has 20 heavy (non-hydrogen) atoms. The Morgan fingerprint density at radius 3 is 2.85 bits per heavy atom. The van der Waals surface area contributed by atoms with Crippen molar-refractivity contribution in [1.82, 2.24) is 4.98 Å². The maximum Gasteiger partial charge on any atom is 0.342 e. The van der Waals surface area contributed by atoms with Gasteiger partial charge in [0.1, 0.15) is 11.4 Å². The van der Waals surface area contributed by atoms with Gasteiger partial charge in [-0.1, -0.05) is 0 Å². The van der Waals surface area contributed by atoms with Crippen molar-refractivity contribution in [3.63, 3.8) is 0 Å². The van der Waals surface area contributed by atoms with Crippen molar-refractivity contribution in [2.24, 2.45) is 5.92 Å². The van der Waals surface area contributed by atoms with Crippen LogP contribution in [0.2, 0.25) is 0 Å². The molecule has 1 atom stereocenters. The highest BCUT2D eigenvalue weighted by Crippen LogP contribution is 2.25. The molecule has 0 spiro atoms. The first-order valence-corrected chi connectivity index (χ1v) is 6.62. The van der Waals surface area contributed by atoms with Crippen molar-refractivity contribution in [2.75, 3.05) is 18.0 Å². The lowest BCUT2D eigenvalue weighted by Gasteiger charge is -2.20. The lowest BCUT2D eigenvalue weighted by atomic mass is 10.1. The SMILES string of the molecule is CC(C)OC(=O)c1cccnc1N1CCC(C(=O)O)C1. The van der Waals surface area contributed by atoms with Gasteiger partial charge in [-0.15, -0.1) is 0 Å². The summed E-state index contributed by atoms with van der Waals surface area (Å²) in [6, 6.07) is 3.33. The Hall–Kier alpha value is -2.11. The van der Waals surface area contributed by atoms with Crippen molar-refractivity contribution >= 4 is 17.8 Å². The zero-order chi connectivity index (χ0) is 14.7. The van der Waals surface area contributed by atoms with Gasteiger partial charge in [-0.25, -0.2) is 9.78 Å². The number of ether oxygens (including phenoxy) is 1. The second kappa shape index (κ2) is 5.90. The Balaban J connectivity index is 2.20. The highest BCUT2D eigenvalue weighted by Gasteiger charge is 2.31. The van der Waals surface area contributed by atoms with Crippen LogP contribution in [0.4, 0.5) is 5.82 Å². The normalized spacial score (nSPS) is 18.4. The fourth-order valence-corrected chi connectivity index (χ4v) is 2.24. The number of anilines is 1. The lowest BCUT2D eigenvalue weighted by molar-refractivity contribution is -0.140. The molecule has 1 aromatic heterocycles. The van der Waals surface area contributed by atoms with Gasteiger partial charge in [-0.05, 0) is 32.4 Å². The molecule has 6 nitrogen and oxygen atoms in total. The number of esters is 1. The first kappa shape index (κ1) is 14.3. The average Bonchev–Trinajstić information content (AvgIpc) is 2.87. The quantitative estimate of drug-likeness (QED) is 0.842. The molecule has 1 aromatic rings. The van der Waals surface area contributed by atoms with E-state index in [9.17, 15) is 9.59 Å². The molecule has 1 aliphatic heterocycles. The third-order valence-electron chi connectivity index (χ3n) is 3.19. The summed E-state index contributed by atoms with van der Waals surface area (Å²) in [5, 5.41) is 9.04. The summed E-state index contributed by atoms with van der Waals surface area (Å²) in [5.74, 6) is -1.15. The molecule has 1 unspecified atom stereocenters. The minimum atomic E-state index is -0.810. The second-order valence-corrected chi connectivity index (χ2v) is 5.10. The topological polar surface area (TPSA) is 79.7 Å². The van der Waals surface area contributed by atoms with Crippen molar-refractivity contribution in [3.8, 4) is 0 Å². The van der Waals surface area contributed by atoms with Crippen LogP contribution >= 0.6 is 0 Å². The van der Waals surface area contributed by atoms with Gasteiger partial charge < -0.3 is 14.7 Å². The van der Waals surface area contributed by atoms with Gasteiger partial charge in [0, 0.05) is 19.3 Å². The van der Waals surface area contributed by atoms with E-state index in [1.165, 1.54) is 0 Å². The number of nitrogens with zero attached hydrogens (tertiary/aromatic N) is 2. The lowest BCUT2D eigenvalue weighted by Crippen LogP contribution is -2.26. The highest BCUT2D eigenvalue weighted by molar-refractivity contribution is 5.95. The van der Waals surface area contributed by atoms with Crippen LogP contribution in [0.1, 0.15) is 30.6 Å². The van der Waals surface area contributed by atoms with E-state index in [2.05, 4.69) is 4.98 Å². The number of carboxylic acid groups (broad SMARTS) is 1. The third-order valence-corrected chi connectivity index (χ3v) is 3.19. The van der Waals surface area contributed by atoms with Crippen molar-refractivity contribution in [1.29, 1.82) is 0 Å². The van der Waals surface area contributed by atoms with Gasteiger partial charge in [0.2, 0.25) is 0 Å². The van der Waals surface area contributed by atoms with Crippen LogP contribution in [0.25, 0.3) is 0 Å². The van der Waals surface area contributed by atoms with Gasteiger partial charge in [0.25, 0.3) is 0 Å². The first-order chi connectivity index (χ1) is 9.49. The Kier molecular flexibility index (Phi) is 4.22. The Bertz CT molecular complexity index is 516. The molecule has 0 amide bonds. The second-order valence-electron chi connectivity index (χ2n) is 5.10. The minimum Gasteiger partial charge on any atom is -0.481 e. The molecular formula is C14H18N2O4. The van der Waals surface area contributed by atoms with Gasteiger partial charge in [-0.3, -0.25) is 4.79 Å². The van der Waals surface area contributed by atoms with Gasteiger partial charge in [0.05, 0.1) is 12.0 Å². The van der Waals surface area contributed by atoms with E-state index in [-0.39, 0.29) is 6.10 Å². The number of hydrogen-bond donors (Lipinski definition) is 1. The van der Waals surface area contributed by atoms with Crippen LogP contribution in [-0.2, 0) is 9.53 Å². The molecule has 108 valence electrons. The molecule has 0 aromatic carbocycles. The summed E-state index contributed by atoms with van der Waals surface area (Å²) in [6.07, 6.45) is 1.95. The van der Waals surface area contributed by atoms with Crippen LogP contribution in [0.3, 0.4) is 0 Å². The maximum absolute atomic E-state index is 12.0. The molecule has 0 bridgehead atoms. The predicted molar refractivity (Wildman–Crippen MR) is 72.7 cm³/mol. The van der Waals surface area contributed by atoms with E-state index in [4.69, 9.17) is 9.84 Å². The fourth-order valence-electron chi connectivity index (χ4n) is 2.24. The Labute approximate surface area is 117 Å². The summed E-state index contributed by atoms with van der Waals surface area (Å²) >= 11 is 0. The summed E-state index contributed by atoms with van der Waals surface area (Å²) in [4.78, 5) is 29.1. The van der Waals surface area contributed by atoms with Crippen LogP contribution in [0.5, 0.6) is 0 Å². The minimum absolute atomic E-state index is 0.207. The highest BCUT2D eigenvalue weighted by atomic mass is 16.5. The number of rotatable bonds is 4. The average molecular weight is 278 g/mol. The molecule has 0 aliphatic carbocycles. The van der Waals surface area contributed by atoms with Crippen molar-refractivity contribution < 1.29 is 19.4 Å². The smallest absolute Gasteiger partial charge is 0.342 e. The standard InChI is InChI=1S/C14H18N2O4/c1-9(2)20-14(19)11-4-3-6-15-12(11)16-7-5-10(8-16)13(17)18/h3-4,6,9-10H,5,7-8H2,1-2H3,(H,17,18). The van der Waals surface area contributed by atoms with E-state index in [1.807, 2.05) is 4.90 Å². The molecule has 1 N–H and O–H groups in total. The molecule has 1 fully saturated rings. The van der Waals surface area contributed by atoms with Crippen LogP contribution in [0, 0.1) is 5.92 Å². The first-order valence-electron chi connectivity index (χ1n) is 6.62. The van der Waals surface area contributed by atoms with E-state index in [0.717, 1.165) is 0 Å². The molecule has 1 saturated heterocycles. The number of aromatic nitrogens is 1. The van der Waals surface area contributed by atoms with E-state index in [0.29, 0.717) is 30.9 Å². The summed E-state index contributed by atoms with van der Waals surface area (Å²) in [6.45, 7) is 4.51. The third kappa shape index (κ3) is 3.07. The van der Waals surface area contributed by atoms with Gasteiger partial charge in [0.15, 0.2) is 0 Å². The summed E-state index contributed by atoms with van der Waals surface area (Å²) in [5.41, 5.74) is 0.382. The largest absolute Gasteiger partial charge is 0.481 e. The molecule has 0 saturated carbocycles. The van der Waals surface area contributed by atoms with Crippen LogP contribution in [-0.4, -0.2) is 41.2 Å². The van der Waals surface area contributed by atoms with Crippen LogP contribution < -0.4 is 4.90 Å². The molecule has 2 rings (SSSR count). The van der Waals surface area contributed by atoms with Crippen LogP contribution in [0.15, 0.2) is 18.3 Å². The van der Waals surface area contributed by atoms with Crippen molar-refractivity contribution in [2.45, 2.75) is 26.4 Å². The number of aliphatic carboxylic acids is 1. The molecule has 6 heteroatoms. The number of carbonyl (C=O) groups excluding carboxylic acids is 1. The predicted octanol–water partition coefficient (Wildman–Crippen LogP) is 1.56. The summed E-state index contributed by atoms with van der Waals surface area (Å²) in [7, 11) is 0. The molecule has 2 heterocycles. The van der Waals surface area contributed by atoms with Crippen molar-refractivity contribution in [3.05, 3.63) is 23.9 Å². The Morgan fingerprint density at radius 1 is 1.50 bits per heavy atom.